The average Bonchev–Trinajstić information content (AvgIpc) is 3.33. The second kappa shape index (κ2) is 12.7. The zero-order valence-electron chi connectivity index (χ0n) is 23.9. The summed E-state index contributed by atoms with van der Waals surface area (Å²) >= 11 is 6.48. The van der Waals surface area contributed by atoms with E-state index in [1.807, 2.05) is 25.1 Å². The van der Waals surface area contributed by atoms with Crippen molar-refractivity contribution < 1.29 is 14.3 Å². The summed E-state index contributed by atoms with van der Waals surface area (Å²) in [6.45, 7) is 5.97. The molecule has 1 aromatic heterocycles. The molecule has 1 atom stereocenters. The van der Waals surface area contributed by atoms with Crippen LogP contribution < -0.4 is 15.5 Å². The van der Waals surface area contributed by atoms with Crippen molar-refractivity contribution in [2.75, 3.05) is 43.1 Å². The van der Waals surface area contributed by atoms with Gasteiger partial charge in [0.2, 0.25) is 11.9 Å². The van der Waals surface area contributed by atoms with Crippen molar-refractivity contribution in [2.45, 2.75) is 57.7 Å². The number of nitrogens with one attached hydrogen (secondary N) is 2. The molecule has 42 heavy (non-hydrogen) atoms. The quantitative estimate of drug-likeness (QED) is 0.372. The van der Waals surface area contributed by atoms with Gasteiger partial charge in [0.1, 0.15) is 6.54 Å². The van der Waals surface area contributed by atoms with Crippen LogP contribution in [0.25, 0.3) is 11.3 Å². The summed E-state index contributed by atoms with van der Waals surface area (Å²) in [5.74, 6) is 0.139. The van der Waals surface area contributed by atoms with Crippen molar-refractivity contribution in [3.05, 3.63) is 70.4 Å². The van der Waals surface area contributed by atoms with Gasteiger partial charge < -0.3 is 25.2 Å². The summed E-state index contributed by atoms with van der Waals surface area (Å²) in [5, 5.41) is 6.84. The van der Waals surface area contributed by atoms with Gasteiger partial charge in [-0.2, -0.15) is 0 Å². The maximum atomic E-state index is 13.3. The second-order valence-electron chi connectivity index (χ2n) is 11.4. The molecule has 3 aromatic rings. The summed E-state index contributed by atoms with van der Waals surface area (Å²) < 4.78 is 5.43. The third-order valence-electron chi connectivity index (χ3n) is 8.39. The predicted molar refractivity (Wildman–Crippen MR) is 164 cm³/mol. The molecule has 0 bridgehead atoms. The minimum absolute atomic E-state index is 0.00746. The maximum Gasteiger partial charge on any atom is 0.254 e. The molecule has 9 nitrogen and oxygen atoms in total. The molecule has 3 aliphatic heterocycles. The first-order valence-corrected chi connectivity index (χ1v) is 15.3. The van der Waals surface area contributed by atoms with Crippen molar-refractivity contribution in [2.24, 2.45) is 0 Å². The molecule has 2 amide bonds. The van der Waals surface area contributed by atoms with Gasteiger partial charge in [0.15, 0.2) is 0 Å². The molecular weight excluding hydrogens is 552 g/mol. The number of carbonyl (C=O) groups is 2. The highest BCUT2D eigenvalue weighted by molar-refractivity contribution is 6.33. The molecule has 2 fully saturated rings. The normalized spacial score (nSPS) is 18.1. The van der Waals surface area contributed by atoms with Crippen molar-refractivity contribution >= 4 is 35.1 Å². The van der Waals surface area contributed by atoms with Gasteiger partial charge in [0.25, 0.3) is 5.91 Å². The van der Waals surface area contributed by atoms with Crippen LogP contribution in [0.3, 0.4) is 0 Å². The SMILES string of the molecule is CC(NC(=O)CN1Cc2ccc(-c3nc(NC4CCOCC4)ncc3Cl)cc2C1=O)c1ccc(N2CCCCC2)cc1. The van der Waals surface area contributed by atoms with Crippen LogP contribution in [0.1, 0.15) is 66.6 Å². The fourth-order valence-corrected chi connectivity index (χ4v) is 6.17. The number of benzene rings is 2. The van der Waals surface area contributed by atoms with Crippen LogP contribution in [-0.2, 0) is 16.1 Å². The number of halogens is 1. The largest absolute Gasteiger partial charge is 0.381 e. The number of piperidine rings is 1. The zero-order chi connectivity index (χ0) is 29.1. The van der Waals surface area contributed by atoms with Gasteiger partial charge in [-0.3, -0.25) is 9.59 Å². The van der Waals surface area contributed by atoms with Crippen LogP contribution in [0.4, 0.5) is 11.6 Å². The summed E-state index contributed by atoms with van der Waals surface area (Å²) in [4.78, 5) is 39.3. The van der Waals surface area contributed by atoms with Crippen molar-refractivity contribution in [3.63, 3.8) is 0 Å². The van der Waals surface area contributed by atoms with E-state index in [1.165, 1.54) is 24.9 Å². The van der Waals surface area contributed by atoms with Gasteiger partial charge in [-0.05, 0) is 68.4 Å². The lowest BCUT2D eigenvalue weighted by Gasteiger charge is -2.29. The molecule has 0 spiro atoms. The van der Waals surface area contributed by atoms with E-state index in [4.69, 9.17) is 16.3 Å². The van der Waals surface area contributed by atoms with Crippen LogP contribution in [0, 0.1) is 0 Å². The Morgan fingerprint density at radius 1 is 1.10 bits per heavy atom. The van der Waals surface area contributed by atoms with Gasteiger partial charge in [-0.1, -0.05) is 35.9 Å². The number of nitrogens with zero attached hydrogens (tertiary/aromatic N) is 4. The first-order chi connectivity index (χ1) is 20.4. The van der Waals surface area contributed by atoms with Gasteiger partial charge in [0.05, 0.1) is 23.0 Å². The van der Waals surface area contributed by atoms with Gasteiger partial charge in [-0.15, -0.1) is 0 Å². The van der Waals surface area contributed by atoms with E-state index in [0.29, 0.717) is 42.0 Å². The molecule has 6 rings (SSSR count). The highest BCUT2D eigenvalue weighted by atomic mass is 35.5. The fraction of sp³-hybridized carbons (Fsp3) is 0.438. The Bertz CT molecular complexity index is 1440. The predicted octanol–water partition coefficient (Wildman–Crippen LogP) is 5.21. The van der Waals surface area contributed by atoms with Crippen LogP contribution in [0.2, 0.25) is 5.02 Å². The summed E-state index contributed by atoms with van der Waals surface area (Å²) in [6.07, 6.45) is 7.13. The molecule has 0 aliphatic carbocycles. The standard InChI is InChI=1S/C32H37ClN6O3/c1-21(22-7-9-26(10-8-22)38-13-3-2-4-14-38)35-29(40)20-39-19-24-6-5-23(17-27(24)31(39)41)30-28(33)18-34-32(37-30)36-25-11-15-42-16-12-25/h5-10,17-18,21,25H,2-4,11-16,19-20H2,1H3,(H,35,40)(H,34,36,37). The molecule has 0 radical (unpaired) electrons. The van der Waals surface area contributed by atoms with Crippen LogP contribution in [0.15, 0.2) is 48.7 Å². The second-order valence-corrected chi connectivity index (χ2v) is 11.8. The van der Waals surface area contributed by atoms with Crippen molar-refractivity contribution in [1.82, 2.24) is 20.2 Å². The molecule has 2 saturated heterocycles. The first-order valence-electron chi connectivity index (χ1n) is 14.9. The number of aromatic nitrogens is 2. The number of amides is 2. The average molecular weight is 589 g/mol. The Labute approximate surface area is 251 Å². The maximum absolute atomic E-state index is 13.3. The van der Waals surface area contributed by atoms with Crippen molar-refractivity contribution in [3.8, 4) is 11.3 Å². The van der Waals surface area contributed by atoms with E-state index in [9.17, 15) is 9.59 Å². The third-order valence-corrected chi connectivity index (χ3v) is 8.66. The summed E-state index contributed by atoms with van der Waals surface area (Å²) in [5.41, 5.74) is 5.01. The van der Waals surface area contributed by atoms with E-state index in [1.54, 1.807) is 11.1 Å². The first kappa shape index (κ1) is 28.4. The molecule has 2 aromatic carbocycles. The fourth-order valence-electron chi connectivity index (χ4n) is 5.97. The zero-order valence-corrected chi connectivity index (χ0v) is 24.7. The molecule has 220 valence electrons. The Hall–Kier alpha value is -3.69. The van der Waals surface area contributed by atoms with Gasteiger partial charge in [-0.25, -0.2) is 9.97 Å². The topological polar surface area (TPSA) is 99.7 Å². The molecule has 1 unspecified atom stereocenters. The lowest BCUT2D eigenvalue weighted by Crippen LogP contribution is -2.38. The lowest BCUT2D eigenvalue weighted by molar-refractivity contribution is -0.122. The number of ether oxygens (including phenoxy) is 1. The smallest absolute Gasteiger partial charge is 0.254 e. The van der Waals surface area contributed by atoms with E-state index in [2.05, 4.69) is 49.8 Å². The van der Waals surface area contributed by atoms with E-state index < -0.39 is 0 Å². The van der Waals surface area contributed by atoms with E-state index in [-0.39, 0.29) is 30.4 Å². The molecule has 3 aliphatic rings. The highest BCUT2D eigenvalue weighted by Gasteiger charge is 2.30. The molecule has 0 saturated carbocycles. The number of rotatable bonds is 8. The van der Waals surface area contributed by atoms with Crippen LogP contribution in [-0.4, -0.2) is 65.6 Å². The van der Waals surface area contributed by atoms with E-state index >= 15 is 0 Å². The highest BCUT2D eigenvalue weighted by Crippen LogP contribution is 2.32. The van der Waals surface area contributed by atoms with Gasteiger partial charge >= 0.3 is 0 Å². The molecule has 4 heterocycles. The Morgan fingerprint density at radius 3 is 2.62 bits per heavy atom. The Balaban J connectivity index is 1.08. The minimum atomic E-state index is -0.188. The monoisotopic (exact) mass is 588 g/mol. The molecule has 10 heteroatoms. The van der Waals surface area contributed by atoms with Crippen LogP contribution in [0.5, 0.6) is 0 Å². The van der Waals surface area contributed by atoms with E-state index in [0.717, 1.165) is 42.6 Å². The number of carbonyl (C=O) groups excluding carboxylic acids is 2. The molecule has 2 N–H and O–H groups in total. The van der Waals surface area contributed by atoms with Crippen molar-refractivity contribution in [1.29, 1.82) is 0 Å². The Kier molecular flexibility index (Phi) is 8.58. The lowest BCUT2D eigenvalue weighted by atomic mass is 10.0. The molecular formula is C32H37ClN6O3. The Morgan fingerprint density at radius 2 is 1.86 bits per heavy atom. The minimum Gasteiger partial charge on any atom is -0.381 e. The number of hydrogen-bond donors (Lipinski definition) is 2. The third kappa shape index (κ3) is 6.37. The summed E-state index contributed by atoms with van der Waals surface area (Å²) in [6, 6.07) is 14.2. The number of fused-ring (bicyclic) bond motifs is 1. The number of anilines is 2. The van der Waals surface area contributed by atoms with Gasteiger partial charge in [0, 0.05) is 55.7 Å². The van der Waals surface area contributed by atoms with Crippen LogP contribution >= 0.6 is 11.6 Å². The summed E-state index contributed by atoms with van der Waals surface area (Å²) in [7, 11) is 0. The number of hydrogen-bond acceptors (Lipinski definition) is 7.